The zero-order valence-electron chi connectivity index (χ0n) is 21.1. The molecule has 0 unspecified atom stereocenters. The Morgan fingerprint density at radius 3 is 2.45 bits per heavy atom. The van der Waals surface area contributed by atoms with Crippen LogP contribution in [0.3, 0.4) is 0 Å². The molecule has 0 bridgehead atoms. The second-order valence-corrected chi connectivity index (χ2v) is 16.4. The van der Waals surface area contributed by atoms with Gasteiger partial charge in [0.05, 0.1) is 29.7 Å². The van der Waals surface area contributed by atoms with Crippen molar-refractivity contribution < 1.29 is 4.42 Å². The molecule has 33 heavy (non-hydrogen) atoms. The van der Waals surface area contributed by atoms with Crippen molar-refractivity contribution in [3.63, 3.8) is 0 Å². The summed E-state index contributed by atoms with van der Waals surface area (Å²) in [5, 5.41) is 0. The highest BCUT2D eigenvalue weighted by Gasteiger charge is 2.49. The molecule has 2 aliphatic rings. The normalized spacial score (nSPS) is 17.7. The van der Waals surface area contributed by atoms with Crippen LogP contribution in [0.15, 0.2) is 20.4 Å². The monoisotopic (exact) mass is 469 g/mol. The largest absolute Gasteiger partial charge is 0.449 e. The van der Waals surface area contributed by atoms with Crippen molar-refractivity contribution in [2.24, 2.45) is 4.99 Å². The Morgan fingerprint density at radius 2 is 1.82 bits per heavy atom. The van der Waals surface area contributed by atoms with E-state index >= 15 is 0 Å². The first-order valence-electron chi connectivity index (χ1n) is 12.6. The van der Waals surface area contributed by atoms with Crippen molar-refractivity contribution >= 4 is 19.3 Å². The summed E-state index contributed by atoms with van der Waals surface area (Å²) in [6.07, 6.45) is 5.80. The zero-order valence-corrected chi connectivity index (χ0v) is 22.1. The molecular weight excluding hydrogens is 430 g/mol. The van der Waals surface area contributed by atoms with Gasteiger partial charge in [0, 0.05) is 26.1 Å². The third-order valence-electron chi connectivity index (χ3n) is 7.71. The van der Waals surface area contributed by atoms with Gasteiger partial charge in [-0.15, -0.1) is 0 Å². The van der Waals surface area contributed by atoms with Crippen molar-refractivity contribution in [1.29, 1.82) is 0 Å². The van der Waals surface area contributed by atoms with E-state index in [4.69, 9.17) is 14.4 Å². The Hall–Kier alpha value is -2.06. The molecular formula is C25H39N5O2Si. The van der Waals surface area contributed by atoms with E-state index in [0.717, 1.165) is 67.0 Å². The van der Waals surface area contributed by atoms with E-state index < -0.39 is 8.07 Å². The Balaban J connectivity index is 1.52. The summed E-state index contributed by atoms with van der Waals surface area (Å²) in [6.45, 7) is 16.9. The van der Waals surface area contributed by atoms with Crippen molar-refractivity contribution in [1.82, 2.24) is 19.9 Å². The number of nitrogens with zero attached hydrogens (tertiary/aromatic N) is 4. The number of aliphatic imine (C=N–C) groups is 1. The van der Waals surface area contributed by atoms with Gasteiger partial charge in [0.15, 0.2) is 19.4 Å². The number of hydrogen-bond donors (Lipinski definition) is 1. The molecule has 4 rings (SSSR count). The molecule has 0 saturated carbocycles. The van der Waals surface area contributed by atoms with Gasteiger partial charge >= 0.3 is 0 Å². The number of aromatic nitrogens is 3. The van der Waals surface area contributed by atoms with Gasteiger partial charge in [0.2, 0.25) is 0 Å². The Labute approximate surface area is 198 Å². The standard InChI is InChI=1S/C25H39N5O2Si/c1-16(2)33(17(3)4,18(5)6)25-27-13-19(32-25)14-30-12-10-21-20(15-30)24(31)29-23(28-21)22-9-7-8-11-26-22/h13,16-18H,7-12,14-15H2,1-6H3,(H,28,29,31). The average molecular weight is 470 g/mol. The molecule has 8 heteroatoms. The second kappa shape index (κ2) is 9.66. The van der Waals surface area contributed by atoms with E-state index in [2.05, 4.69) is 56.4 Å². The van der Waals surface area contributed by atoms with Crippen LogP contribution < -0.4 is 11.1 Å². The van der Waals surface area contributed by atoms with Gasteiger partial charge in [-0.05, 0) is 35.9 Å². The van der Waals surface area contributed by atoms with Crippen LogP contribution in [0.25, 0.3) is 0 Å². The Bertz CT molecular complexity index is 1050. The lowest BCUT2D eigenvalue weighted by atomic mass is 10.1. The predicted octanol–water partition coefficient (Wildman–Crippen LogP) is 4.18. The molecule has 0 aliphatic carbocycles. The van der Waals surface area contributed by atoms with Crippen LogP contribution in [-0.2, 0) is 19.5 Å². The number of H-pyrrole nitrogens is 1. The van der Waals surface area contributed by atoms with Crippen LogP contribution in [0, 0.1) is 0 Å². The first-order valence-corrected chi connectivity index (χ1v) is 14.8. The van der Waals surface area contributed by atoms with Crippen LogP contribution in [0.1, 0.15) is 83.6 Å². The summed E-state index contributed by atoms with van der Waals surface area (Å²) < 4.78 is 6.44. The molecule has 0 atom stereocenters. The quantitative estimate of drug-likeness (QED) is 0.615. The van der Waals surface area contributed by atoms with Gasteiger partial charge in [-0.25, -0.2) is 9.97 Å². The molecule has 2 aromatic rings. The summed E-state index contributed by atoms with van der Waals surface area (Å²) in [5.41, 5.74) is 5.25. The van der Waals surface area contributed by atoms with Crippen LogP contribution in [0.2, 0.25) is 16.6 Å². The van der Waals surface area contributed by atoms with E-state index in [0.29, 0.717) is 35.5 Å². The van der Waals surface area contributed by atoms with E-state index in [1.54, 1.807) is 0 Å². The highest BCUT2D eigenvalue weighted by Crippen LogP contribution is 2.40. The van der Waals surface area contributed by atoms with E-state index in [1.807, 2.05) is 6.20 Å². The number of rotatable bonds is 7. The molecule has 2 aromatic heterocycles. The summed E-state index contributed by atoms with van der Waals surface area (Å²) in [5.74, 6) is 1.56. The molecule has 0 radical (unpaired) electrons. The summed E-state index contributed by atoms with van der Waals surface area (Å²) >= 11 is 0. The van der Waals surface area contributed by atoms with E-state index in [-0.39, 0.29) is 5.56 Å². The fraction of sp³-hybridized carbons (Fsp3) is 0.680. The summed E-state index contributed by atoms with van der Waals surface area (Å²) in [4.78, 5) is 32.3. The van der Waals surface area contributed by atoms with Gasteiger partial charge < -0.3 is 9.40 Å². The summed E-state index contributed by atoms with van der Waals surface area (Å²) in [6, 6.07) is 0. The van der Waals surface area contributed by atoms with E-state index in [1.165, 1.54) is 0 Å². The number of nitrogens with one attached hydrogen (secondary N) is 1. The fourth-order valence-electron chi connectivity index (χ4n) is 6.19. The van der Waals surface area contributed by atoms with Crippen molar-refractivity contribution in [2.45, 2.75) is 96.9 Å². The minimum Gasteiger partial charge on any atom is -0.449 e. The number of aromatic amines is 1. The second-order valence-electron chi connectivity index (χ2n) is 10.6. The van der Waals surface area contributed by atoms with Gasteiger partial charge in [-0.1, -0.05) is 41.5 Å². The molecule has 0 spiro atoms. The van der Waals surface area contributed by atoms with Crippen molar-refractivity contribution in [2.75, 3.05) is 13.1 Å². The minimum atomic E-state index is -1.91. The predicted molar refractivity (Wildman–Crippen MR) is 135 cm³/mol. The van der Waals surface area contributed by atoms with E-state index in [9.17, 15) is 4.79 Å². The Kier molecular flexibility index (Phi) is 7.05. The lowest BCUT2D eigenvalue weighted by Crippen LogP contribution is -2.56. The Morgan fingerprint density at radius 1 is 1.09 bits per heavy atom. The van der Waals surface area contributed by atoms with Crippen LogP contribution in [0.5, 0.6) is 0 Å². The molecule has 2 aliphatic heterocycles. The van der Waals surface area contributed by atoms with Gasteiger partial charge in [-0.2, -0.15) is 0 Å². The molecule has 7 nitrogen and oxygen atoms in total. The van der Waals surface area contributed by atoms with Crippen molar-refractivity contribution in [3.8, 4) is 0 Å². The highest BCUT2D eigenvalue weighted by molar-refractivity contribution is 6.93. The van der Waals surface area contributed by atoms with Crippen molar-refractivity contribution in [3.05, 3.63) is 39.4 Å². The van der Waals surface area contributed by atoms with Crippen LogP contribution >= 0.6 is 0 Å². The molecule has 180 valence electrons. The fourth-order valence-corrected chi connectivity index (χ4v) is 12.3. The zero-order chi connectivity index (χ0) is 23.8. The highest BCUT2D eigenvalue weighted by atomic mass is 28.3. The maximum atomic E-state index is 12.9. The van der Waals surface area contributed by atoms with Gasteiger partial charge in [0.1, 0.15) is 5.76 Å². The number of hydrogen-bond acceptors (Lipinski definition) is 6. The molecule has 4 heterocycles. The lowest BCUT2D eigenvalue weighted by molar-refractivity contribution is 0.223. The maximum Gasteiger partial charge on any atom is 0.255 e. The topological polar surface area (TPSA) is 87.4 Å². The van der Waals surface area contributed by atoms with Gasteiger partial charge in [-0.3, -0.25) is 14.7 Å². The third kappa shape index (κ3) is 4.52. The average Bonchev–Trinajstić information content (AvgIpc) is 3.22. The maximum absolute atomic E-state index is 12.9. The first-order chi connectivity index (χ1) is 15.7. The first kappa shape index (κ1) is 24.1. The third-order valence-corrected chi connectivity index (χ3v) is 14.4. The molecule has 0 saturated heterocycles. The molecule has 0 fully saturated rings. The van der Waals surface area contributed by atoms with Crippen LogP contribution in [-0.4, -0.2) is 46.7 Å². The minimum absolute atomic E-state index is 0.0305. The number of fused-ring (bicyclic) bond motifs is 1. The lowest BCUT2D eigenvalue weighted by Gasteiger charge is -2.39. The smallest absolute Gasteiger partial charge is 0.255 e. The SMILES string of the molecule is CC(C)[Si](c1ncc(CN2CCc3nc(C4=NCCCC4)[nH]c(=O)c3C2)o1)(C(C)C)C(C)C. The summed E-state index contributed by atoms with van der Waals surface area (Å²) in [7, 11) is -1.91. The van der Waals surface area contributed by atoms with Gasteiger partial charge in [0.25, 0.3) is 5.56 Å². The molecule has 0 aromatic carbocycles. The van der Waals surface area contributed by atoms with Crippen LogP contribution in [0.4, 0.5) is 0 Å². The number of oxazole rings is 1. The molecule has 1 N–H and O–H groups in total. The molecule has 0 amide bonds.